The number of Topliss-reactive ketones (excluding diaryl/α,β-unsaturated/α-hetero) is 1. The fourth-order valence-electron chi connectivity index (χ4n) is 7.47. The highest BCUT2D eigenvalue weighted by Gasteiger charge is 2.29. The van der Waals surface area contributed by atoms with Gasteiger partial charge < -0.3 is 76.5 Å². The summed E-state index contributed by atoms with van der Waals surface area (Å²) in [5.41, 5.74) is 28.9. The lowest BCUT2D eigenvalue weighted by atomic mass is 10.0. The second-order valence-electron chi connectivity index (χ2n) is 18.9. The molecular formula is C54H88N14O10S. The van der Waals surface area contributed by atoms with Gasteiger partial charge in [-0.05, 0) is 102 Å². The van der Waals surface area contributed by atoms with Crippen LogP contribution < -0.4 is 76.5 Å². The molecular weight excluding hydrogens is 1040 g/mol. The van der Waals surface area contributed by atoms with Gasteiger partial charge in [0, 0.05) is 64.7 Å². The average molecular weight is 1130 g/mol. The molecule has 8 unspecified atom stereocenters. The maximum absolute atomic E-state index is 14.0. The van der Waals surface area contributed by atoms with E-state index >= 15 is 0 Å². The van der Waals surface area contributed by atoms with E-state index < -0.39 is 95.6 Å². The van der Waals surface area contributed by atoms with Crippen LogP contribution in [-0.4, -0.2) is 152 Å². The molecule has 0 aromatic carbocycles. The first kappa shape index (κ1) is 72.3. The Balaban J connectivity index is 5.90. The Morgan fingerprint density at radius 2 is 0.734 bits per heavy atom. The standard InChI is InChI=1S/C54H88N14O10S/c1-5-20-38(55)48(72)61-32-17-12-25-43(66-50(74)40(57)22-7-3)52(76)64-34-19-13-26-44(68-54(78)45(67-51(75)41(58)23-8-4)27-14-18-33-62-49(73)39(56)21-6-2)53(77)63-31-15-9-10-28-46(70)65-42(47(59)71)24-11-16-30-60-36-37(69)29-35-79/h1-4,38-45,60,79H,9-36,55-58H2,(H2,59,71)(H,61,72)(H,62,73)(H,63,77)(H,64,76)(H,65,70)(H,66,74)(H,67,75)(H,68,78). The number of rotatable bonds is 46. The number of amides is 9. The van der Waals surface area contributed by atoms with Gasteiger partial charge in [-0.1, -0.05) is 6.42 Å². The topological polar surface area (TPSA) is 409 Å². The predicted molar refractivity (Wildman–Crippen MR) is 305 cm³/mol. The second-order valence-corrected chi connectivity index (χ2v) is 19.4. The van der Waals surface area contributed by atoms with E-state index in [9.17, 15) is 47.9 Å². The van der Waals surface area contributed by atoms with Gasteiger partial charge in [-0.2, -0.15) is 12.6 Å². The van der Waals surface area contributed by atoms with Gasteiger partial charge >= 0.3 is 0 Å². The molecule has 0 aromatic rings. The quantitative estimate of drug-likeness (QED) is 0.0164. The van der Waals surface area contributed by atoms with Crippen molar-refractivity contribution in [2.75, 3.05) is 45.0 Å². The number of hydrogen-bond donors (Lipinski definition) is 15. The molecule has 19 N–H and O–H groups in total. The zero-order chi connectivity index (χ0) is 59.4. The third kappa shape index (κ3) is 35.4. The Labute approximate surface area is 471 Å². The first-order valence-corrected chi connectivity index (χ1v) is 27.6. The fourth-order valence-corrected chi connectivity index (χ4v) is 7.72. The van der Waals surface area contributed by atoms with E-state index in [0.717, 1.165) is 0 Å². The molecule has 0 heterocycles. The molecule has 0 rings (SSSR count). The van der Waals surface area contributed by atoms with Crippen LogP contribution in [0.15, 0.2) is 0 Å². The third-order valence-electron chi connectivity index (χ3n) is 12.1. The van der Waals surface area contributed by atoms with E-state index in [1.807, 2.05) is 0 Å². The summed E-state index contributed by atoms with van der Waals surface area (Å²) >= 11 is 4.05. The van der Waals surface area contributed by atoms with Crippen LogP contribution in [-0.2, 0) is 47.9 Å². The number of carbonyl (C=O) groups excluding carboxylic acids is 10. The van der Waals surface area contributed by atoms with E-state index in [-0.39, 0.29) is 95.8 Å². The van der Waals surface area contributed by atoms with Crippen molar-refractivity contribution in [1.82, 2.24) is 47.9 Å². The van der Waals surface area contributed by atoms with Crippen LogP contribution >= 0.6 is 12.6 Å². The summed E-state index contributed by atoms with van der Waals surface area (Å²) in [6, 6.07) is -8.09. The van der Waals surface area contributed by atoms with E-state index in [0.29, 0.717) is 95.8 Å². The first-order valence-electron chi connectivity index (χ1n) is 27.0. The van der Waals surface area contributed by atoms with E-state index in [1.165, 1.54) is 0 Å². The van der Waals surface area contributed by atoms with Crippen molar-refractivity contribution in [2.24, 2.45) is 28.7 Å². The highest BCUT2D eigenvalue weighted by molar-refractivity contribution is 7.80. The summed E-state index contributed by atoms with van der Waals surface area (Å²) in [5.74, 6) is 4.88. The molecule has 440 valence electrons. The van der Waals surface area contributed by atoms with Gasteiger partial charge in [0.25, 0.3) is 0 Å². The fraction of sp³-hybridized carbons (Fsp3) is 0.667. The molecule has 79 heavy (non-hydrogen) atoms. The number of hydrogen-bond acceptors (Lipinski definition) is 16. The molecule has 0 spiro atoms. The smallest absolute Gasteiger partial charge is 0.243 e. The van der Waals surface area contributed by atoms with Crippen molar-refractivity contribution in [3.8, 4) is 49.4 Å². The number of ketones is 1. The van der Waals surface area contributed by atoms with Crippen LogP contribution in [0.1, 0.15) is 135 Å². The van der Waals surface area contributed by atoms with Gasteiger partial charge in [-0.3, -0.25) is 47.9 Å². The maximum Gasteiger partial charge on any atom is 0.243 e. The molecule has 24 nitrogen and oxygen atoms in total. The highest BCUT2D eigenvalue weighted by Crippen LogP contribution is 2.09. The van der Waals surface area contributed by atoms with Gasteiger partial charge in [0.05, 0.1) is 30.7 Å². The van der Waals surface area contributed by atoms with Crippen LogP contribution in [0, 0.1) is 49.4 Å². The van der Waals surface area contributed by atoms with Gasteiger partial charge in [-0.25, -0.2) is 0 Å². The minimum absolute atomic E-state index is 0.0465. The number of nitrogens with two attached hydrogens (primary N) is 5. The summed E-state index contributed by atoms with van der Waals surface area (Å²) in [4.78, 5) is 128. The summed E-state index contributed by atoms with van der Waals surface area (Å²) in [6.45, 7) is 1.53. The lowest BCUT2D eigenvalue weighted by Crippen LogP contribution is -2.55. The molecule has 8 atom stereocenters. The Kier molecular flexibility index (Phi) is 41.3. The number of nitrogens with one attached hydrogen (secondary N) is 9. The van der Waals surface area contributed by atoms with Crippen LogP contribution in [0.25, 0.3) is 0 Å². The van der Waals surface area contributed by atoms with Crippen LogP contribution in [0.4, 0.5) is 0 Å². The summed E-state index contributed by atoms with van der Waals surface area (Å²) in [6.07, 6.45) is 27.1. The summed E-state index contributed by atoms with van der Waals surface area (Å²) in [7, 11) is 0. The average Bonchev–Trinajstić information content (AvgIpc) is 3.40. The Hall–Kier alpha value is -6.71. The molecule has 25 heteroatoms. The van der Waals surface area contributed by atoms with Crippen molar-refractivity contribution in [3.63, 3.8) is 0 Å². The molecule has 0 aliphatic rings. The zero-order valence-electron chi connectivity index (χ0n) is 45.6. The van der Waals surface area contributed by atoms with Crippen molar-refractivity contribution < 1.29 is 47.9 Å². The van der Waals surface area contributed by atoms with Gasteiger partial charge in [0.15, 0.2) is 0 Å². The van der Waals surface area contributed by atoms with Crippen LogP contribution in [0.3, 0.4) is 0 Å². The zero-order valence-corrected chi connectivity index (χ0v) is 46.5. The molecule has 0 radical (unpaired) electrons. The number of primary amides is 1. The Morgan fingerprint density at radius 3 is 1.13 bits per heavy atom. The van der Waals surface area contributed by atoms with Crippen molar-refractivity contribution in [1.29, 1.82) is 0 Å². The number of thiol groups is 1. The molecule has 0 aliphatic heterocycles. The molecule has 9 amide bonds. The van der Waals surface area contributed by atoms with E-state index in [1.54, 1.807) is 0 Å². The molecule has 0 aromatic heterocycles. The number of terminal acetylenes is 4. The van der Waals surface area contributed by atoms with Gasteiger partial charge in [0.2, 0.25) is 53.2 Å². The van der Waals surface area contributed by atoms with Crippen LogP contribution in [0.5, 0.6) is 0 Å². The lowest BCUT2D eigenvalue weighted by molar-refractivity contribution is -0.132. The van der Waals surface area contributed by atoms with Gasteiger partial charge in [-0.15, -0.1) is 49.4 Å². The molecule has 0 bridgehead atoms. The largest absolute Gasteiger partial charge is 0.368 e. The predicted octanol–water partition coefficient (Wildman–Crippen LogP) is -3.00. The maximum atomic E-state index is 14.0. The monoisotopic (exact) mass is 1120 g/mol. The normalized spacial score (nSPS) is 13.7. The van der Waals surface area contributed by atoms with E-state index in [2.05, 4.69) is 84.2 Å². The Bertz CT molecular complexity index is 2100. The summed E-state index contributed by atoms with van der Waals surface area (Å²) < 4.78 is 0. The molecule has 0 saturated carbocycles. The second kappa shape index (κ2) is 45.2. The minimum atomic E-state index is -1.17. The van der Waals surface area contributed by atoms with Crippen molar-refractivity contribution in [3.05, 3.63) is 0 Å². The summed E-state index contributed by atoms with van der Waals surface area (Å²) in [5, 5.41) is 24.7. The molecule has 0 fully saturated rings. The Morgan fingerprint density at radius 1 is 0.392 bits per heavy atom. The van der Waals surface area contributed by atoms with E-state index in [4.69, 9.17) is 54.4 Å². The lowest BCUT2D eigenvalue weighted by Gasteiger charge is -2.24. The number of carbonyl (C=O) groups is 10. The number of unbranched alkanes of at least 4 members (excludes halogenated alkanes) is 6. The molecule has 0 saturated heterocycles. The molecule has 0 aliphatic carbocycles. The van der Waals surface area contributed by atoms with Crippen molar-refractivity contribution >= 4 is 71.6 Å². The van der Waals surface area contributed by atoms with Crippen molar-refractivity contribution in [2.45, 2.75) is 183 Å². The van der Waals surface area contributed by atoms with Crippen LogP contribution in [0.2, 0.25) is 0 Å². The van der Waals surface area contributed by atoms with Gasteiger partial charge in [0.1, 0.15) is 30.0 Å². The minimum Gasteiger partial charge on any atom is -0.368 e. The third-order valence-corrected chi connectivity index (χ3v) is 12.3. The first-order chi connectivity index (χ1) is 37.8. The highest BCUT2D eigenvalue weighted by atomic mass is 32.1. The SMILES string of the molecule is C#CCC(N)C(=O)NCCCCC(NC(=O)C(N)CC#C)C(=O)NCCCCC(NC(=O)C(CCCCNC(=O)C(N)CC#C)NC(=O)C(N)CC#C)C(=O)NCCCCCC(=O)NC(CCCCNCC(=O)CCS)C(N)=O.